The average Bonchev–Trinajstić information content (AvgIpc) is 3.15. The SMILES string of the molecule is CC(=O)O[C@@H]1CC[C@]2(C)[C@H]3CC[C@]4(C)C(=CC[C@H]4[C@H]4CO[C@@H](C(C)(C)O)[C@H](O)C4)[C@]3(C)[C@H](O)C[C@H]2C1(C)C. The first-order chi connectivity index (χ1) is 17.5. The van der Waals surface area contributed by atoms with Gasteiger partial charge < -0.3 is 24.8 Å². The van der Waals surface area contributed by atoms with Crippen molar-refractivity contribution in [1.82, 2.24) is 0 Å². The van der Waals surface area contributed by atoms with Gasteiger partial charge in [-0.15, -0.1) is 0 Å². The number of carbonyl (C=O) groups is 1. The second kappa shape index (κ2) is 9.03. The number of carbonyl (C=O) groups excluding carboxylic acids is 1. The molecule has 1 saturated heterocycles. The number of aliphatic hydroxyl groups excluding tert-OH is 2. The third-order valence-electron chi connectivity index (χ3n) is 12.6. The highest BCUT2D eigenvalue weighted by atomic mass is 16.5. The number of aliphatic hydroxyl groups is 3. The molecule has 0 aromatic carbocycles. The second-order valence-electron chi connectivity index (χ2n) is 15.5. The fraction of sp³-hybridized carbons (Fsp3) is 0.906. The molecule has 38 heavy (non-hydrogen) atoms. The molecule has 1 heterocycles. The van der Waals surface area contributed by atoms with E-state index in [0.29, 0.717) is 24.9 Å². The van der Waals surface area contributed by atoms with Crippen LogP contribution in [-0.4, -0.2) is 57.9 Å². The smallest absolute Gasteiger partial charge is 0.302 e. The summed E-state index contributed by atoms with van der Waals surface area (Å²) >= 11 is 0. The summed E-state index contributed by atoms with van der Waals surface area (Å²) < 4.78 is 11.9. The minimum Gasteiger partial charge on any atom is -0.462 e. The van der Waals surface area contributed by atoms with E-state index in [-0.39, 0.29) is 45.6 Å². The molecule has 0 unspecified atom stereocenters. The normalized spacial score (nSPS) is 50.3. The number of fused-ring (bicyclic) bond motifs is 5. The zero-order valence-corrected chi connectivity index (χ0v) is 24.9. The third-order valence-corrected chi connectivity index (χ3v) is 12.6. The Morgan fingerprint density at radius 2 is 1.74 bits per heavy atom. The van der Waals surface area contributed by atoms with Crippen molar-refractivity contribution in [2.24, 2.45) is 45.3 Å². The van der Waals surface area contributed by atoms with E-state index in [1.54, 1.807) is 13.8 Å². The maximum Gasteiger partial charge on any atom is 0.302 e. The molecule has 0 radical (unpaired) electrons. The van der Waals surface area contributed by atoms with E-state index < -0.39 is 23.9 Å². The predicted molar refractivity (Wildman–Crippen MR) is 146 cm³/mol. The van der Waals surface area contributed by atoms with Crippen LogP contribution in [-0.2, 0) is 14.3 Å². The summed E-state index contributed by atoms with van der Waals surface area (Å²) in [5, 5.41) is 33.4. The van der Waals surface area contributed by atoms with Gasteiger partial charge in [0.25, 0.3) is 0 Å². The lowest BCUT2D eigenvalue weighted by atomic mass is 9.37. The molecule has 0 aromatic rings. The predicted octanol–water partition coefficient (Wildman–Crippen LogP) is 5.03. The highest BCUT2D eigenvalue weighted by molar-refractivity contribution is 5.66. The monoisotopic (exact) mass is 532 g/mol. The van der Waals surface area contributed by atoms with Crippen LogP contribution in [0.25, 0.3) is 0 Å². The first kappa shape index (κ1) is 28.6. The topological polar surface area (TPSA) is 96.2 Å². The molecule has 0 aromatic heterocycles. The van der Waals surface area contributed by atoms with Gasteiger partial charge in [0.05, 0.1) is 24.4 Å². The number of hydrogen-bond donors (Lipinski definition) is 3. The van der Waals surface area contributed by atoms with Crippen LogP contribution in [0.15, 0.2) is 11.6 Å². The number of hydrogen-bond acceptors (Lipinski definition) is 6. The van der Waals surface area contributed by atoms with Gasteiger partial charge in [-0.3, -0.25) is 4.79 Å². The van der Waals surface area contributed by atoms with Crippen molar-refractivity contribution in [3.8, 4) is 0 Å². The van der Waals surface area contributed by atoms with Gasteiger partial charge >= 0.3 is 5.97 Å². The number of esters is 1. The van der Waals surface area contributed by atoms with E-state index in [9.17, 15) is 20.1 Å². The van der Waals surface area contributed by atoms with Gasteiger partial charge in [-0.05, 0) is 93.3 Å². The molecule has 216 valence electrons. The molecule has 0 spiro atoms. The van der Waals surface area contributed by atoms with E-state index >= 15 is 0 Å². The van der Waals surface area contributed by atoms with Crippen LogP contribution in [0.5, 0.6) is 0 Å². The van der Waals surface area contributed by atoms with Crippen LogP contribution >= 0.6 is 0 Å². The zero-order chi connectivity index (χ0) is 28.1. The highest BCUT2D eigenvalue weighted by Crippen LogP contribution is 2.73. The quantitative estimate of drug-likeness (QED) is 0.349. The Kier molecular flexibility index (Phi) is 6.79. The minimum absolute atomic E-state index is 0.0325. The van der Waals surface area contributed by atoms with Gasteiger partial charge in [-0.1, -0.05) is 46.3 Å². The van der Waals surface area contributed by atoms with Crippen LogP contribution < -0.4 is 0 Å². The molecule has 6 heteroatoms. The van der Waals surface area contributed by atoms with Gasteiger partial charge in [0.15, 0.2) is 0 Å². The van der Waals surface area contributed by atoms with Crippen LogP contribution in [0.3, 0.4) is 0 Å². The molecule has 0 amide bonds. The Balaban J connectivity index is 1.41. The molecule has 0 bridgehead atoms. The molecule has 6 nitrogen and oxygen atoms in total. The van der Waals surface area contributed by atoms with Crippen molar-refractivity contribution in [3.05, 3.63) is 11.6 Å². The van der Waals surface area contributed by atoms with Crippen molar-refractivity contribution in [3.63, 3.8) is 0 Å². The standard InChI is InChI=1S/C32H52O6/c1-18(33)38-26-12-14-31(7)23-11-13-30(6)20(19-15-21(34)27(37-17-19)29(4,5)36)9-10-22(30)32(23,8)25(35)16-24(31)28(26,2)3/h10,19-21,23-27,34-36H,9,11-17H2,1-8H3/t19-,20+,21-,23-,24+,25-,26-,27-,30+,31-,32+/m1/s1. The summed E-state index contributed by atoms with van der Waals surface area (Å²) in [4.78, 5) is 11.9. The van der Waals surface area contributed by atoms with Crippen molar-refractivity contribution in [2.75, 3.05) is 6.61 Å². The second-order valence-corrected chi connectivity index (χ2v) is 15.5. The van der Waals surface area contributed by atoms with Gasteiger partial charge in [0.2, 0.25) is 0 Å². The van der Waals surface area contributed by atoms with E-state index in [1.807, 2.05) is 0 Å². The lowest BCUT2D eigenvalue weighted by molar-refractivity contribution is -0.221. The molecule has 3 N–H and O–H groups in total. The van der Waals surface area contributed by atoms with Gasteiger partial charge in [-0.25, -0.2) is 0 Å². The van der Waals surface area contributed by atoms with E-state index in [2.05, 4.69) is 40.7 Å². The molecule has 1 aliphatic heterocycles. The first-order valence-electron chi connectivity index (χ1n) is 15.1. The van der Waals surface area contributed by atoms with Crippen LogP contribution in [0.2, 0.25) is 0 Å². The van der Waals surface area contributed by atoms with E-state index in [4.69, 9.17) is 9.47 Å². The Morgan fingerprint density at radius 3 is 2.34 bits per heavy atom. The maximum absolute atomic E-state index is 12.0. The van der Waals surface area contributed by atoms with Crippen molar-refractivity contribution in [1.29, 1.82) is 0 Å². The van der Waals surface area contributed by atoms with Gasteiger partial charge in [0, 0.05) is 17.8 Å². The summed E-state index contributed by atoms with van der Waals surface area (Å²) in [6.45, 7) is 17.1. The van der Waals surface area contributed by atoms with E-state index in [1.165, 1.54) is 12.5 Å². The molecule has 4 fully saturated rings. The summed E-state index contributed by atoms with van der Waals surface area (Å²) in [7, 11) is 0. The minimum atomic E-state index is -1.07. The fourth-order valence-corrected chi connectivity index (χ4v) is 10.9. The number of allylic oxidation sites excluding steroid dienone is 1. The van der Waals surface area contributed by atoms with Gasteiger partial charge in [-0.2, -0.15) is 0 Å². The van der Waals surface area contributed by atoms with Crippen molar-refractivity contribution in [2.45, 2.75) is 130 Å². The summed E-state index contributed by atoms with van der Waals surface area (Å²) in [6, 6.07) is 0. The molecular formula is C32H52O6. The Morgan fingerprint density at radius 1 is 1.05 bits per heavy atom. The van der Waals surface area contributed by atoms with Gasteiger partial charge in [0.1, 0.15) is 12.2 Å². The van der Waals surface area contributed by atoms with Crippen LogP contribution in [0, 0.1) is 45.3 Å². The number of ether oxygens (including phenoxy) is 2. The molecule has 5 rings (SSSR count). The molecule has 5 aliphatic rings. The average molecular weight is 533 g/mol. The Labute approximate surface area is 229 Å². The number of rotatable bonds is 3. The fourth-order valence-electron chi connectivity index (χ4n) is 10.9. The first-order valence-corrected chi connectivity index (χ1v) is 15.1. The van der Waals surface area contributed by atoms with Crippen molar-refractivity contribution < 1.29 is 29.6 Å². The largest absolute Gasteiger partial charge is 0.462 e. The molecule has 3 saturated carbocycles. The molecule has 4 aliphatic carbocycles. The summed E-state index contributed by atoms with van der Waals surface area (Å²) in [5.74, 6) is 1.02. The third kappa shape index (κ3) is 3.98. The van der Waals surface area contributed by atoms with Crippen LogP contribution in [0.4, 0.5) is 0 Å². The lowest BCUT2D eigenvalue weighted by Gasteiger charge is -2.68. The highest BCUT2D eigenvalue weighted by Gasteiger charge is 2.68. The summed E-state index contributed by atoms with van der Waals surface area (Å²) in [6.07, 6.45) is 7.01. The summed E-state index contributed by atoms with van der Waals surface area (Å²) in [5.41, 5.74) is -0.0906. The Bertz CT molecular complexity index is 981. The Hall–Kier alpha value is -0.950. The lowest BCUT2D eigenvalue weighted by Crippen LogP contribution is -2.65. The van der Waals surface area contributed by atoms with E-state index in [0.717, 1.165) is 38.5 Å². The molecular weight excluding hydrogens is 480 g/mol. The van der Waals surface area contributed by atoms with Crippen LogP contribution in [0.1, 0.15) is 100 Å². The van der Waals surface area contributed by atoms with Crippen molar-refractivity contribution >= 4 is 5.97 Å². The zero-order valence-electron chi connectivity index (χ0n) is 24.9. The maximum atomic E-state index is 12.0. The molecule has 11 atom stereocenters.